The van der Waals surface area contributed by atoms with Crippen molar-refractivity contribution in [2.45, 2.75) is 50.4 Å². The van der Waals surface area contributed by atoms with Crippen LogP contribution in [0.3, 0.4) is 0 Å². The predicted octanol–water partition coefficient (Wildman–Crippen LogP) is 2.36. The van der Waals surface area contributed by atoms with Crippen LogP contribution in [0.15, 0.2) is 30.3 Å². The van der Waals surface area contributed by atoms with Crippen molar-refractivity contribution in [1.82, 2.24) is 10.9 Å². The van der Waals surface area contributed by atoms with E-state index in [1.54, 1.807) is 0 Å². The number of carbonyl (C=O) groups is 1. The fraction of sp³-hybridized carbons (Fsp3) is 0.611. The number of rotatable bonds is 4. The Hall–Kier alpha value is -1.59. The zero-order chi connectivity index (χ0) is 15.9. The summed E-state index contributed by atoms with van der Waals surface area (Å²) in [4.78, 5) is 11.9. The van der Waals surface area contributed by atoms with Gasteiger partial charge in [-0.2, -0.15) is 0 Å². The van der Waals surface area contributed by atoms with Crippen LogP contribution >= 0.6 is 0 Å². The van der Waals surface area contributed by atoms with Crippen molar-refractivity contribution in [3.05, 3.63) is 35.9 Å². The predicted molar refractivity (Wildman–Crippen MR) is 85.2 cm³/mol. The van der Waals surface area contributed by atoms with Crippen molar-refractivity contribution < 1.29 is 14.6 Å². The van der Waals surface area contributed by atoms with E-state index in [1.807, 2.05) is 30.3 Å². The lowest BCUT2D eigenvalue weighted by atomic mass is 9.52. The lowest BCUT2D eigenvalue weighted by molar-refractivity contribution is -0.140. The third kappa shape index (κ3) is 3.08. The number of hydrogen-bond donors (Lipinski definition) is 3. The maximum absolute atomic E-state index is 11.9. The monoisotopic (exact) mass is 316 g/mol. The van der Waals surface area contributed by atoms with E-state index < -0.39 is 11.7 Å². The molecule has 23 heavy (non-hydrogen) atoms. The summed E-state index contributed by atoms with van der Waals surface area (Å²) in [7, 11) is 0. The van der Waals surface area contributed by atoms with Crippen LogP contribution in [0.5, 0.6) is 0 Å². The van der Waals surface area contributed by atoms with Gasteiger partial charge in [0.1, 0.15) is 6.61 Å². The second-order valence-electron chi connectivity index (χ2n) is 7.55. The van der Waals surface area contributed by atoms with Crippen LogP contribution < -0.4 is 10.9 Å². The Morgan fingerprint density at radius 3 is 2.52 bits per heavy atom. The number of hydrazine groups is 1. The van der Waals surface area contributed by atoms with Gasteiger partial charge in [-0.05, 0) is 55.4 Å². The summed E-state index contributed by atoms with van der Waals surface area (Å²) < 4.78 is 5.23. The minimum atomic E-state index is -0.443. The third-order valence-corrected chi connectivity index (χ3v) is 5.79. The van der Waals surface area contributed by atoms with Crippen LogP contribution in [-0.2, 0) is 11.3 Å². The molecule has 0 aromatic heterocycles. The molecule has 5 nitrogen and oxygen atoms in total. The molecule has 4 fully saturated rings. The molecular weight excluding hydrogens is 292 g/mol. The zero-order valence-corrected chi connectivity index (χ0v) is 13.2. The van der Waals surface area contributed by atoms with Crippen LogP contribution in [0.1, 0.15) is 37.7 Å². The fourth-order valence-electron chi connectivity index (χ4n) is 5.12. The first-order chi connectivity index (χ1) is 11.1. The van der Waals surface area contributed by atoms with Gasteiger partial charge in [-0.3, -0.25) is 5.43 Å². The first kappa shape index (κ1) is 15.0. The molecule has 0 radical (unpaired) electrons. The molecule has 5 heteroatoms. The smallest absolute Gasteiger partial charge is 0.421 e. The molecule has 4 aliphatic rings. The van der Waals surface area contributed by atoms with Crippen molar-refractivity contribution in [2.24, 2.45) is 17.8 Å². The average Bonchev–Trinajstić information content (AvgIpc) is 2.51. The minimum Gasteiger partial charge on any atom is -0.444 e. The van der Waals surface area contributed by atoms with Crippen LogP contribution in [-0.4, -0.2) is 22.8 Å². The first-order valence-corrected chi connectivity index (χ1v) is 8.56. The number of benzene rings is 1. The molecule has 124 valence electrons. The van der Waals surface area contributed by atoms with Gasteiger partial charge in [-0.15, -0.1) is 0 Å². The topological polar surface area (TPSA) is 70.6 Å². The highest BCUT2D eigenvalue weighted by atomic mass is 16.6. The number of aliphatic hydroxyl groups is 1. The van der Waals surface area contributed by atoms with Gasteiger partial charge in [-0.1, -0.05) is 30.3 Å². The molecule has 3 unspecified atom stereocenters. The number of hydrogen-bond acceptors (Lipinski definition) is 4. The van der Waals surface area contributed by atoms with E-state index in [-0.39, 0.29) is 12.6 Å². The second kappa shape index (κ2) is 5.80. The summed E-state index contributed by atoms with van der Waals surface area (Å²) in [5.41, 5.74) is 6.41. The quantitative estimate of drug-likeness (QED) is 0.746. The van der Waals surface area contributed by atoms with Gasteiger partial charge in [0.05, 0.1) is 5.60 Å². The van der Waals surface area contributed by atoms with Crippen molar-refractivity contribution in [1.29, 1.82) is 0 Å². The summed E-state index contributed by atoms with van der Waals surface area (Å²) in [5.74, 6) is 1.59. The summed E-state index contributed by atoms with van der Waals surface area (Å²) >= 11 is 0. The van der Waals surface area contributed by atoms with E-state index in [0.717, 1.165) is 37.7 Å². The van der Waals surface area contributed by atoms with Crippen molar-refractivity contribution in [3.63, 3.8) is 0 Å². The largest absolute Gasteiger partial charge is 0.444 e. The van der Waals surface area contributed by atoms with E-state index in [4.69, 9.17) is 4.74 Å². The Bertz CT molecular complexity index is 561. The van der Waals surface area contributed by atoms with Crippen LogP contribution in [0.2, 0.25) is 0 Å². The van der Waals surface area contributed by atoms with E-state index >= 15 is 0 Å². The standard InChI is InChI=1S/C18H24N2O3/c21-17(23-11-12-4-2-1-3-5-12)20-19-16-14-6-13-7-15(16)10-18(22,8-13)9-14/h1-5,13-16,19,22H,6-11H2,(H,20,21)/t13?,14-,15+,16?,18?. The summed E-state index contributed by atoms with van der Waals surface area (Å²) in [6.45, 7) is 0.272. The van der Waals surface area contributed by atoms with Gasteiger partial charge in [0.25, 0.3) is 0 Å². The maximum atomic E-state index is 11.9. The Labute approximate surface area is 136 Å². The number of ether oxygens (including phenoxy) is 1. The zero-order valence-electron chi connectivity index (χ0n) is 13.2. The van der Waals surface area contributed by atoms with Gasteiger partial charge >= 0.3 is 6.09 Å². The average molecular weight is 316 g/mol. The van der Waals surface area contributed by atoms with E-state index in [0.29, 0.717) is 17.8 Å². The van der Waals surface area contributed by atoms with E-state index in [1.165, 1.54) is 0 Å². The van der Waals surface area contributed by atoms with E-state index in [2.05, 4.69) is 10.9 Å². The van der Waals surface area contributed by atoms with Crippen molar-refractivity contribution in [3.8, 4) is 0 Å². The number of carbonyl (C=O) groups excluding carboxylic acids is 1. The molecule has 0 spiro atoms. The van der Waals surface area contributed by atoms with Crippen LogP contribution in [0.25, 0.3) is 0 Å². The van der Waals surface area contributed by atoms with E-state index in [9.17, 15) is 9.90 Å². The van der Waals surface area contributed by atoms with Gasteiger partial charge in [0, 0.05) is 6.04 Å². The van der Waals surface area contributed by atoms with Crippen molar-refractivity contribution >= 4 is 6.09 Å². The number of amides is 1. The Kier molecular flexibility index (Phi) is 3.77. The molecule has 4 aliphatic carbocycles. The van der Waals surface area contributed by atoms with Gasteiger partial charge in [0.15, 0.2) is 0 Å². The van der Waals surface area contributed by atoms with Crippen molar-refractivity contribution in [2.75, 3.05) is 0 Å². The normalized spacial score (nSPS) is 37.6. The summed E-state index contributed by atoms with van der Waals surface area (Å²) in [6.07, 6.45) is 4.58. The van der Waals surface area contributed by atoms with Gasteiger partial charge in [0.2, 0.25) is 0 Å². The molecule has 4 saturated carbocycles. The molecule has 1 aromatic carbocycles. The minimum absolute atomic E-state index is 0.260. The molecule has 5 atom stereocenters. The summed E-state index contributed by atoms with van der Waals surface area (Å²) in [6, 6.07) is 9.91. The molecule has 0 heterocycles. The molecule has 3 N–H and O–H groups in total. The highest BCUT2D eigenvalue weighted by Crippen LogP contribution is 2.55. The Balaban J connectivity index is 1.27. The Morgan fingerprint density at radius 1 is 1.17 bits per heavy atom. The van der Waals surface area contributed by atoms with Gasteiger partial charge < -0.3 is 9.84 Å². The molecule has 1 aromatic rings. The molecule has 0 aliphatic heterocycles. The fourth-order valence-corrected chi connectivity index (χ4v) is 5.12. The van der Waals surface area contributed by atoms with Gasteiger partial charge in [-0.25, -0.2) is 10.2 Å². The SMILES string of the molecule is O=C(NNC1[C@@H]2CC3C[C@H]1CC(O)(C3)C2)OCc1ccccc1. The maximum Gasteiger partial charge on any atom is 0.421 e. The Morgan fingerprint density at radius 2 is 1.87 bits per heavy atom. The lowest BCUT2D eigenvalue weighted by Crippen LogP contribution is -2.63. The van der Waals surface area contributed by atoms with Crippen LogP contribution in [0, 0.1) is 17.8 Å². The molecule has 5 rings (SSSR count). The third-order valence-electron chi connectivity index (χ3n) is 5.79. The highest BCUT2D eigenvalue weighted by Gasteiger charge is 2.54. The molecule has 4 bridgehead atoms. The first-order valence-electron chi connectivity index (χ1n) is 8.56. The second-order valence-corrected chi connectivity index (χ2v) is 7.55. The highest BCUT2D eigenvalue weighted by molar-refractivity contribution is 5.66. The number of nitrogens with one attached hydrogen (secondary N) is 2. The lowest BCUT2D eigenvalue weighted by Gasteiger charge is -2.58. The summed E-state index contributed by atoms with van der Waals surface area (Å²) in [5, 5.41) is 10.6. The van der Waals surface area contributed by atoms with Crippen LogP contribution in [0.4, 0.5) is 4.79 Å². The molecule has 1 amide bonds. The molecule has 0 saturated heterocycles. The molecular formula is C18H24N2O3.